The summed E-state index contributed by atoms with van der Waals surface area (Å²) in [6.07, 6.45) is 53.8. The Balaban J connectivity index is 4.12. The lowest BCUT2D eigenvalue weighted by atomic mass is 10.0. The molecule has 0 amide bonds. The monoisotopic (exact) mass is 669 g/mol. The maximum Gasteiger partial charge on any atom is 0.306 e. The first-order chi connectivity index (χ1) is 23.6. The molecule has 0 heterocycles. The third-order valence-electron chi connectivity index (χ3n) is 8.75. The molecule has 1 atom stereocenters. The van der Waals surface area contributed by atoms with Crippen LogP contribution in [0, 0.1) is 0 Å². The lowest BCUT2D eigenvalue weighted by molar-refractivity contribution is -0.150. The van der Waals surface area contributed by atoms with Crippen LogP contribution in [-0.4, -0.2) is 23.1 Å². The van der Waals surface area contributed by atoms with Crippen molar-refractivity contribution in [1.82, 2.24) is 0 Å². The topological polar surface area (TPSA) is 63.6 Å². The Bertz CT molecular complexity index is 850. The highest BCUT2D eigenvalue weighted by molar-refractivity contribution is 5.69. The van der Waals surface area contributed by atoms with Crippen molar-refractivity contribution in [3.63, 3.8) is 0 Å². The number of allylic oxidation sites excluding steroid dienone is 10. The molecule has 0 saturated carbocycles. The molecular formula is C44H76O4. The van der Waals surface area contributed by atoms with E-state index < -0.39 is 5.97 Å². The predicted octanol–water partition coefficient (Wildman–Crippen LogP) is 14.1. The second-order valence-electron chi connectivity index (χ2n) is 13.4. The quantitative estimate of drug-likeness (QED) is 0.0410. The molecule has 0 aromatic rings. The fourth-order valence-corrected chi connectivity index (χ4v) is 5.81. The molecule has 0 bridgehead atoms. The molecule has 0 aromatic heterocycles. The Hall–Kier alpha value is -2.36. The number of carbonyl (C=O) groups excluding carboxylic acids is 1. The van der Waals surface area contributed by atoms with Gasteiger partial charge in [0.2, 0.25) is 0 Å². The van der Waals surface area contributed by atoms with E-state index in [1.165, 1.54) is 83.5 Å². The van der Waals surface area contributed by atoms with Crippen LogP contribution in [0.15, 0.2) is 60.8 Å². The third kappa shape index (κ3) is 38.1. The molecule has 276 valence electrons. The number of unbranched alkanes of at least 4 members (excludes halogenated alkanes) is 17. The molecule has 0 aliphatic carbocycles. The summed E-state index contributed by atoms with van der Waals surface area (Å²) in [5.41, 5.74) is 0. The van der Waals surface area contributed by atoms with Crippen LogP contribution >= 0.6 is 0 Å². The Morgan fingerprint density at radius 2 is 0.875 bits per heavy atom. The van der Waals surface area contributed by atoms with Crippen LogP contribution in [0.4, 0.5) is 0 Å². The van der Waals surface area contributed by atoms with Gasteiger partial charge in [0, 0.05) is 12.8 Å². The summed E-state index contributed by atoms with van der Waals surface area (Å²) in [7, 11) is 0. The van der Waals surface area contributed by atoms with Gasteiger partial charge in [0.1, 0.15) is 6.10 Å². The molecule has 0 radical (unpaired) electrons. The molecule has 4 heteroatoms. The van der Waals surface area contributed by atoms with Gasteiger partial charge in [0.15, 0.2) is 0 Å². The van der Waals surface area contributed by atoms with E-state index in [0.717, 1.165) is 89.9 Å². The molecule has 4 nitrogen and oxygen atoms in total. The van der Waals surface area contributed by atoms with Crippen molar-refractivity contribution >= 4 is 11.9 Å². The number of hydrogen-bond acceptors (Lipinski definition) is 3. The summed E-state index contributed by atoms with van der Waals surface area (Å²) in [5, 5.41) is 8.86. The second-order valence-corrected chi connectivity index (χ2v) is 13.4. The zero-order valence-electron chi connectivity index (χ0n) is 31.5. The standard InChI is InChI=1S/C44H76O4/c1-3-5-7-9-11-13-15-17-19-20-21-23-25-27-29-31-37-41-44(47)48-42(39-35-32-33-36-40-43(45)46)38-34-30-28-26-24-22-18-16-14-12-10-8-6-4-2/h5,7,11,13,17,19,21,23,27,29,42H,3-4,6,8-10,12,14-16,18,20,22,24-26,28,30-41H2,1-2H3,(H,45,46)/b7-5-,13-11-,19-17-,23-21-,29-27-. The Kier molecular flexibility index (Phi) is 37.2. The number of rotatable bonds is 36. The average Bonchev–Trinajstić information content (AvgIpc) is 3.07. The fourth-order valence-electron chi connectivity index (χ4n) is 5.81. The third-order valence-corrected chi connectivity index (χ3v) is 8.75. The van der Waals surface area contributed by atoms with Crippen molar-refractivity contribution in [2.45, 2.75) is 206 Å². The first-order valence-corrected chi connectivity index (χ1v) is 20.3. The van der Waals surface area contributed by atoms with Gasteiger partial charge in [-0.3, -0.25) is 9.59 Å². The number of esters is 1. The van der Waals surface area contributed by atoms with E-state index in [2.05, 4.69) is 74.6 Å². The molecule has 0 rings (SSSR count). The molecule has 0 aliphatic heterocycles. The van der Waals surface area contributed by atoms with E-state index in [-0.39, 0.29) is 18.5 Å². The number of carboxylic acids is 1. The highest BCUT2D eigenvalue weighted by atomic mass is 16.5. The maximum absolute atomic E-state index is 12.6. The minimum Gasteiger partial charge on any atom is -0.481 e. The minimum absolute atomic E-state index is 0.00278. The fraction of sp³-hybridized carbons (Fsp3) is 0.727. The van der Waals surface area contributed by atoms with Gasteiger partial charge in [0.25, 0.3) is 0 Å². The van der Waals surface area contributed by atoms with Crippen LogP contribution in [0.5, 0.6) is 0 Å². The minimum atomic E-state index is -0.718. The van der Waals surface area contributed by atoms with Crippen LogP contribution in [-0.2, 0) is 14.3 Å². The van der Waals surface area contributed by atoms with E-state index in [1.54, 1.807) is 0 Å². The highest BCUT2D eigenvalue weighted by Gasteiger charge is 2.14. The SMILES string of the molecule is CC/C=C\C/C=C\C/C=C\C/C=C\C/C=C\CCCC(=O)OC(CCCCCCCCCCCCCCCC)CCCCCCC(=O)O. The second kappa shape index (κ2) is 39.1. The van der Waals surface area contributed by atoms with Gasteiger partial charge in [-0.25, -0.2) is 0 Å². The summed E-state index contributed by atoms with van der Waals surface area (Å²) in [6.45, 7) is 4.43. The van der Waals surface area contributed by atoms with Gasteiger partial charge in [0.05, 0.1) is 0 Å². The largest absolute Gasteiger partial charge is 0.481 e. The molecule has 0 aliphatic rings. The summed E-state index contributed by atoms with van der Waals surface area (Å²) in [5.74, 6) is -0.784. The van der Waals surface area contributed by atoms with Crippen LogP contribution in [0.25, 0.3) is 0 Å². The molecular weight excluding hydrogens is 592 g/mol. The molecule has 1 N–H and O–H groups in total. The van der Waals surface area contributed by atoms with E-state index in [0.29, 0.717) is 6.42 Å². The predicted molar refractivity (Wildman–Crippen MR) is 208 cm³/mol. The van der Waals surface area contributed by atoms with Crippen molar-refractivity contribution in [3.05, 3.63) is 60.8 Å². The van der Waals surface area contributed by atoms with E-state index in [1.807, 2.05) is 0 Å². The number of hydrogen-bond donors (Lipinski definition) is 1. The number of aliphatic carboxylic acids is 1. The molecule has 0 fully saturated rings. The number of carbonyl (C=O) groups is 2. The zero-order valence-corrected chi connectivity index (χ0v) is 31.5. The number of carboxylic acid groups (broad SMARTS) is 1. The normalized spacial score (nSPS) is 12.9. The van der Waals surface area contributed by atoms with Crippen molar-refractivity contribution in [2.24, 2.45) is 0 Å². The smallest absolute Gasteiger partial charge is 0.306 e. The van der Waals surface area contributed by atoms with Gasteiger partial charge < -0.3 is 9.84 Å². The summed E-state index contributed by atoms with van der Waals surface area (Å²) >= 11 is 0. The van der Waals surface area contributed by atoms with E-state index >= 15 is 0 Å². The summed E-state index contributed by atoms with van der Waals surface area (Å²) in [4.78, 5) is 23.4. The molecule has 0 saturated heterocycles. The van der Waals surface area contributed by atoms with Crippen LogP contribution < -0.4 is 0 Å². The first-order valence-electron chi connectivity index (χ1n) is 20.3. The van der Waals surface area contributed by atoms with Crippen LogP contribution in [0.1, 0.15) is 200 Å². The van der Waals surface area contributed by atoms with Gasteiger partial charge in [-0.05, 0) is 77.0 Å². The molecule has 0 spiro atoms. The van der Waals surface area contributed by atoms with Crippen molar-refractivity contribution in [2.75, 3.05) is 0 Å². The number of ether oxygens (including phenoxy) is 1. The van der Waals surface area contributed by atoms with Crippen molar-refractivity contribution < 1.29 is 19.4 Å². The van der Waals surface area contributed by atoms with E-state index in [9.17, 15) is 9.59 Å². The highest BCUT2D eigenvalue weighted by Crippen LogP contribution is 2.18. The van der Waals surface area contributed by atoms with Gasteiger partial charge >= 0.3 is 11.9 Å². The van der Waals surface area contributed by atoms with Gasteiger partial charge in [-0.2, -0.15) is 0 Å². The van der Waals surface area contributed by atoms with Crippen LogP contribution in [0.3, 0.4) is 0 Å². The molecule has 1 unspecified atom stereocenters. The Morgan fingerprint density at radius 1 is 0.479 bits per heavy atom. The lowest BCUT2D eigenvalue weighted by Gasteiger charge is -2.18. The molecule has 48 heavy (non-hydrogen) atoms. The zero-order chi connectivity index (χ0) is 35.0. The van der Waals surface area contributed by atoms with E-state index in [4.69, 9.17) is 9.84 Å². The Morgan fingerprint density at radius 3 is 1.31 bits per heavy atom. The Labute approximate surface area is 297 Å². The summed E-state index contributed by atoms with van der Waals surface area (Å²) < 4.78 is 5.96. The summed E-state index contributed by atoms with van der Waals surface area (Å²) in [6, 6.07) is 0. The van der Waals surface area contributed by atoms with Crippen molar-refractivity contribution in [3.8, 4) is 0 Å². The van der Waals surface area contributed by atoms with Gasteiger partial charge in [-0.1, -0.05) is 171 Å². The van der Waals surface area contributed by atoms with Crippen LogP contribution in [0.2, 0.25) is 0 Å². The van der Waals surface area contributed by atoms with Crippen molar-refractivity contribution in [1.29, 1.82) is 0 Å². The maximum atomic E-state index is 12.6. The van der Waals surface area contributed by atoms with Gasteiger partial charge in [-0.15, -0.1) is 0 Å². The first kappa shape index (κ1) is 45.6. The molecule has 0 aromatic carbocycles. The lowest BCUT2D eigenvalue weighted by Crippen LogP contribution is -2.18. The average molecular weight is 669 g/mol.